The quantitative estimate of drug-likeness (QED) is 0.816. The molecule has 29 heavy (non-hydrogen) atoms. The third-order valence-corrected chi connectivity index (χ3v) is 6.00. The van der Waals surface area contributed by atoms with E-state index in [4.69, 9.17) is 9.97 Å². The summed E-state index contributed by atoms with van der Waals surface area (Å²) in [6.45, 7) is 3.27. The lowest BCUT2D eigenvalue weighted by Gasteiger charge is -2.40. The van der Waals surface area contributed by atoms with Crippen molar-refractivity contribution >= 4 is 17.6 Å². The first-order valence-electron chi connectivity index (χ1n) is 10.0. The maximum atomic E-state index is 12.0. The van der Waals surface area contributed by atoms with E-state index in [2.05, 4.69) is 15.6 Å². The average Bonchev–Trinajstić information content (AvgIpc) is 3.10. The molecule has 2 amide bonds. The number of fused-ring (bicyclic) bond motifs is 2. The van der Waals surface area contributed by atoms with Gasteiger partial charge in [-0.3, -0.25) is 14.6 Å². The SMILES string of the molecule is CNC(=O)CNc1nc(-c2cccnc2)nc2c1CCC21CCCN(C(C)=O)C1. The highest BCUT2D eigenvalue weighted by atomic mass is 16.2. The molecule has 2 aliphatic rings. The lowest BCUT2D eigenvalue weighted by molar-refractivity contribution is -0.131. The van der Waals surface area contributed by atoms with Crippen molar-refractivity contribution in [3.8, 4) is 11.4 Å². The van der Waals surface area contributed by atoms with Crippen LogP contribution >= 0.6 is 0 Å². The summed E-state index contributed by atoms with van der Waals surface area (Å²) < 4.78 is 0. The molecular formula is C21H26N6O2. The van der Waals surface area contributed by atoms with Crippen molar-refractivity contribution in [1.29, 1.82) is 0 Å². The molecule has 4 rings (SSSR count). The predicted octanol–water partition coefficient (Wildman–Crippen LogP) is 1.52. The predicted molar refractivity (Wildman–Crippen MR) is 109 cm³/mol. The second-order valence-electron chi connectivity index (χ2n) is 7.82. The van der Waals surface area contributed by atoms with Gasteiger partial charge in [-0.05, 0) is 37.8 Å². The lowest BCUT2D eigenvalue weighted by atomic mass is 9.77. The monoisotopic (exact) mass is 394 g/mol. The number of piperidine rings is 1. The van der Waals surface area contributed by atoms with Gasteiger partial charge in [0.15, 0.2) is 5.82 Å². The van der Waals surface area contributed by atoms with E-state index < -0.39 is 0 Å². The number of pyridine rings is 1. The summed E-state index contributed by atoms with van der Waals surface area (Å²) in [7, 11) is 1.61. The van der Waals surface area contributed by atoms with Gasteiger partial charge in [-0.25, -0.2) is 9.97 Å². The van der Waals surface area contributed by atoms with Crippen LogP contribution in [-0.2, 0) is 21.4 Å². The Morgan fingerprint density at radius 2 is 2.14 bits per heavy atom. The number of aromatic nitrogens is 3. The minimum atomic E-state index is -0.150. The van der Waals surface area contributed by atoms with Crippen LogP contribution in [0, 0.1) is 0 Å². The van der Waals surface area contributed by atoms with E-state index in [1.54, 1.807) is 26.4 Å². The molecule has 1 atom stereocenters. The number of nitrogens with zero attached hydrogens (tertiary/aromatic N) is 4. The molecule has 8 heteroatoms. The zero-order chi connectivity index (χ0) is 20.4. The van der Waals surface area contributed by atoms with Gasteiger partial charge >= 0.3 is 0 Å². The molecule has 0 aromatic carbocycles. The van der Waals surface area contributed by atoms with Crippen LogP contribution in [0.3, 0.4) is 0 Å². The molecule has 2 aromatic heterocycles. The summed E-state index contributed by atoms with van der Waals surface area (Å²) in [6, 6.07) is 3.79. The Morgan fingerprint density at radius 3 is 2.86 bits per heavy atom. The van der Waals surface area contributed by atoms with Gasteiger partial charge in [-0.15, -0.1) is 0 Å². The van der Waals surface area contributed by atoms with E-state index in [0.29, 0.717) is 18.2 Å². The van der Waals surface area contributed by atoms with E-state index in [1.807, 2.05) is 17.0 Å². The van der Waals surface area contributed by atoms with Gasteiger partial charge < -0.3 is 15.5 Å². The zero-order valence-corrected chi connectivity index (χ0v) is 16.9. The lowest BCUT2D eigenvalue weighted by Crippen LogP contribution is -2.47. The number of nitrogens with one attached hydrogen (secondary N) is 2. The first-order chi connectivity index (χ1) is 14.0. The Kier molecular flexibility index (Phi) is 5.17. The molecule has 1 unspecified atom stereocenters. The van der Waals surface area contributed by atoms with Crippen LogP contribution in [0.1, 0.15) is 37.4 Å². The average molecular weight is 394 g/mol. The number of hydrogen-bond acceptors (Lipinski definition) is 6. The molecule has 0 saturated carbocycles. The van der Waals surface area contributed by atoms with Crippen LogP contribution in [-0.4, -0.2) is 58.3 Å². The Bertz CT molecular complexity index is 932. The maximum Gasteiger partial charge on any atom is 0.239 e. The van der Waals surface area contributed by atoms with Gasteiger partial charge in [0.05, 0.1) is 12.2 Å². The highest BCUT2D eigenvalue weighted by Gasteiger charge is 2.45. The number of likely N-dealkylation sites (tertiary alicyclic amines) is 1. The van der Waals surface area contributed by atoms with Crippen molar-refractivity contribution in [2.75, 3.05) is 32.0 Å². The highest BCUT2D eigenvalue weighted by Crippen LogP contribution is 2.46. The van der Waals surface area contributed by atoms with Crippen molar-refractivity contribution in [2.45, 2.75) is 38.0 Å². The summed E-state index contributed by atoms with van der Waals surface area (Å²) >= 11 is 0. The van der Waals surface area contributed by atoms with Crippen molar-refractivity contribution in [3.63, 3.8) is 0 Å². The number of anilines is 1. The van der Waals surface area contributed by atoms with Crippen molar-refractivity contribution < 1.29 is 9.59 Å². The molecule has 0 bridgehead atoms. The highest BCUT2D eigenvalue weighted by molar-refractivity contribution is 5.80. The second kappa shape index (κ2) is 7.77. The normalized spacial score (nSPS) is 20.4. The Labute approximate surface area is 170 Å². The fraction of sp³-hybridized carbons (Fsp3) is 0.476. The van der Waals surface area contributed by atoms with Gasteiger partial charge in [0.25, 0.3) is 0 Å². The fourth-order valence-corrected chi connectivity index (χ4v) is 4.46. The maximum absolute atomic E-state index is 12.0. The molecule has 2 aromatic rings. The van der Waals surface area contributed by atoms with Crippen LogP contribution in [0.25, 0.3) is 11.4 Å². The molecule has 3 heterocycles. The van der Waals surface area contributed by atoms with E-state index in [1.165, 1.54) is 0 Å². The fourth-order valence-electron chi connectivity index (χ4n) is 4.46. The number of likely N-dealkylation sites (N-methyl/N-ethyl adjacent to an activating group) is 1. The molecule has 1 spiro atoms. The zero-order valence-electron chi connectivity index (χ0n) is 16.9. The number of hydrogen-bond donors (Lipinski definition) is 2. The summed E-state index contributed by atoms with van der Waals surface area (Å²) in [5, 5.41) is 5.82. The van der Waals surface area contributed by atoms with Crippen LogP contribution < -0.4 is 10.6 Å². The van der Waals surface area contributed by atoms with Gasteiger partial charge in [-0.1, -0.05) is 0 Å². The van der Waals surface area contributed by atoms with Crippen molar-refractivity contribution in [2.24, 2.45) is 0 Å². The van der Waals surface area contributed by atoms with Gasteiger partial charge in [0.1, 0.15) is 5.82 Å². The third kappa shape index (κ3) is 3.66. The topological polar surface area (TPSA) is 100 Å². The van der Waals surface area contributed by atoms with E-state index in [0.717, 1.165) is 49.0 Å². The van der Waals surface area contributed by atoms with Crippen LogP contribution in [0.2, 0.25) is 0 Å². The largest absolute Gasteiger partial charge is 0.361 e. The third-order valence-electron chi connectivity index (χ3n) is 6.00. The molecule has 8 nitrogen and oxygen atoms in total. The molecule has 2 N–H and O–H groups in total. The minimum absolute atomic E-state index is 0.103. The summed E-state index contributed by atoms with van der Waals surface area (Å²) in [4.78, 5) is 39.7. The van der Waals surface area contributed by atoms with Gasteiger partial charge in [0.2, 0.25) is 11.8 Å². The number of carbonyl (C=O) groups excluding carboxylic acids is 2. The standard InChI is InChI=1S/C21H26N6O2/c1-14(28)27-10-4-7-21(13-27)8-6-16-18(21)25-19(15-5-3-9-23-11-15)26-20(16)24-12-17(29)22-2/h3,5,9,11H,4,6-8,10,12-13H2,1-2H3,(H,22,29)(H,24,25,26). The van der Waals surface area contributed by atoms with Gasteiger partial charge in [0, 0.05) is 56.0 Å². The van der Waals surface area contributed by atoms with Gasteiger partial charge in [-0.2, -0.15) is 0 Å². The number of amides is 2. The molecule has 1 aliphatic carbocycles. The Balaban J connectivity index is 1.78. The molecule has 1 fully saturated rings. The van der Waals surface area contributed by atoms with Crippen LogP contribution in [0.4, 0.5) is 5.82 Å². The summed E-state index contributed by atoms with van der Waals surface area (Å²) in [6.07, 6.45) is 7.20. The summed E-state index contributed by atoms with van der Waals surface area (Å²) in [5.74, 6) is 1.30. The van der Waals surface area contributed by atoms with Crippen LogP contribution in [0.15, 0.2) is 24.5 Å². The first kappa shape index (κ1) is 19.3. The second-order valence-corrected chi connectivity index (χ2v) is 7.82. The Morgan fingerprint density at radius 1 is 1.28 bits per heavy atom. The number of rotatable bonds is 4. The molecule has 1 saturated heterocycles. The first-order valence-corrected chi connectivity index (χ1v) is 10.0. The molecule has 0 radical (unpaired) electrons. The van der Waals surface area contributed by atoms with E-state index in [-0.39, 0.29) is 23.8 Å². The molecular weight excluding hydrogens is 368 g/mol. The van der Waals surface area contributed by atoms with Crippen LogP contribution in [0.5, 0.6) is 0 Å². The minimum Gasteiger partial charge on any atom is -0.361 e. The van der Waals surface area contributed by atoms with Crippen molar-refractivity contribution in [1.82, 2.24) is 25.2 Å². The molecule has 152 valence electrons. The van der Waals surface area contributed by atoms with E-state index >= 15 is 0 Å². The number of carbonyl (C=O) groups is 2. The smallest absolute Gasteiger partial charge is 0.239 e. The Hall–Kier alpha value is -3.03. The van der Waals surface area contributed by atoms with Crippen molar-refractivity contribution in [3.05, 3.63) is 35.8 Å². The molecule has 1 aliphatic heterocycles. The summed E-state index contributed by atoms with van der Waals surface area (Å²) in [5.41, 5.74) is 2.76. The van der Waals surface area contributed by atoms with E-state index in [9.17, 15) is 9.59 Å².